The van der Waals surface area contributed by atoms with Crippen molar-refractivity contribution < 1.29 is 19.4 Å². The van der Waals surface area contributed by atoms with Crippen LogP contribution in [0.5, 0.6) is 5.75 Å². The van der Waals surface area contributed by atoms with Crippen LogP contribution in [0.25, 0.3) is 0 Å². The molecule has 18 heavy (non-hydrogen) atoms. The van der Waals surface area contributed by atoms with Crippen molar-refractivity contribution in [3.8, 4) is 5.75 Å². The highest BCUT2D eigenvalue weighted by atomic mass is 16.5. The van der Waals surface area contributed by atoms with Crippen molar-refractivity contribution in [1.82, 2.24) is 4.90 Å². The minimum absolute atomic E-state index is 0.114. The summed E-state index contributed by atoms with van der Waals surface area (Å²) in [4.78, 5) is 25.9. The Kier molecular flexibility index (Phi) is 3.10. The van der Waals surface area contributed by atoms with E-state index >= 15 is 0 Å². The van der Waals surface area contributed by atoms with Gasteiger partial charge in [-0.15, -0.1) is 0 Å². The van der Waals surface area contributed by atoms with Gasteiger partial charge in [0.2, 0.25) is 0 Å². The second-order valence-corrected chi connectivity index (χ2v) is 4.05. The van der Waals surface area contributed by atoms with Crippen molar-refractivity contribution in [3.63, 3.8) is 0 Å². The molecule has 1 N–H and O–H groups in total. The van der Waals surface area contributed by atoms with Gasteiger partial charge in [-0.3, -0.25) is 4.90 Å². The average Bonchev–Trinajstić information content (AvgIpc) is 2.69. The van der Waals surface area contributed by atoms with Crippen LogP contribution in [-0.2, 0) is 0 Å². The lowest BCUT2D eigenvalue weighted by molar-refractivity contribution is 0.0696. The highest BCUT2D eigenvalue weighted by molar-refractivity contribution is 5.97. The molecule has 96 valence electrons. The van der Waals surface area contributed by atoms with Crippen molar-refractivity contribution in [1.29, 1.82) is 0 Å². The number of rotatable bonds is 3. The average molecular weight is 250 g/mol. The van der Waals surface area contributed by atoms with Gasteiger partial charge in [-0.25, -0.2) is 9.59 Å². The molecule has 2 amide bonds. The molecule has 0 aromatic heterocycles. The van der Waals surface area contributed by atoms with Gasteiger partial charge in [0.1, 0.15) is 5.75 Å². The fraction of sp³-hybridized carbons (Fsp3) is 0.333. The van der Waals surface area contributed by atoms with E-state index in [1.54, 1.807) is 22.9 Å². The Morgan fingerprint density at radius 1 is 1.39 bits per heavy atom. The molecule has 1 fully saturated rings. The van der Waals surface area contributed by atoms with E-state index in [-0.39, 0.29) is 11.6 Å². The van der Waals surface area contributed by atoms with Crippen LogP contribution in [0, 0.1) is 0 Å². The zero-order chi connectivity index (χ0) is 13.3. The van der Waals surface area contributed by atoms with Crippen molar-refractivity contribution in [2.45, 2.75) is 0 Å². The first-order chi connectivity index (χ1) is 8.54. The summed E-state index contributed by atoms with van der Waals surface area (Å²) < 4.78 is 5.16. The number of carboxylic acid groups (broad SMARTS) is 1. The zero-order valence-electron chi connectivity index (χ0n) is 10.2. The third-order valence-corrected chi connectivity index (χ3v) is 2.93. The van der Waals surface area contributed by atoms with E-state index in [1.165, 1.54) is 19.2 Å². The minimum Gasteiger partial charge on any atom is -0.495 e. The van der Waals surface area contributed by atoms with E-state index in [9.17, 15) is 9.59 Å². The monoisotopic (exact) mass is 250 g/mol. The van der Waals surface area contributed by atoms with Gasteiger partial charge in [-0.05, 0) is 18.2 Å². The normalized spacial score (nSPS) is 15.1. The van der Waals surface area contributed by atoms with Crippen LogP contribution in [-0.4, -0.2) is 49.3 Å². The molecule has 1 aliphatic rings. The number of hydrogen-bond donors (Lipinski definition) is 1. The molecule has 2 rings (SSSR count). The second-order valence-electron chi connectivity index (χ2n) is 4.05. The van der Waals surface area contributed by atoms with Crippen LogP contribution in [0.4, 0.5) is 10.5 Å². The number of carbonyl (C=O) groups excluding carboxylic acids is 1. The molecule has 0 radical (unpaired) electrons. The maximum absolute atomic E-state index is 11.9. The molecule has 0 atom stereocenters. The number of methoxy groups -OCH3 is 1. The molecular formula is C12H14N2O4. The van der Waals surface area contributed by atoms with Gasteiger partial charge in [0, 0.05) is 20.1 Å². The smallest absolute Gasteiger partial charge is 0.335 e. The third-order valence-electron chi connectivity index (χ3n) is 2.93. The van der Waals surface area contributed by atoms with Crippen molar-refractivity contribution in [3.05, 3.63) is 23.8 Å². The van der Waals surface area contributed by atoms with Crippen molar-refractivity contribution in [2.24, 2.45) is 0 Å². The van der Waals surface area contributed by atoms with Gasteiger partial charge in [-0.2, -0.15) is 0 Å². The highest BCUT2D eigenvalue weighted by Crippen LogP contribution is 2.31. The van der Waals surface area contributed by atoms with Gasteiger partial charge in [-0.1, -0.05) is 0 Å². The SMILES string of the molecule is COc1cc(C(=O)O)ccc1N1CCN(C)C1=O. The number of anilines is 1. The first kappa shape index (κ1) is 12.2. The maximum atomic E-state index is 11.9. The largest absolute Gasteiger partial charge is 0.495 e. The molecular weight excluding hydrogens is 236 g/mol. The molecule has 6 nitrogen and oxygen atoms in total. The summed E-state index contributed by atoms with van der Waals surface area (Å²) in [5.74, 6) is -0.636. The molecule has 0 bridgehead atoms. The number of carboxylic acids is 1. The summed E-state index contributed by atoms with van der Waals surface area (Å²) in [7, 11) is 3.18. The Labute approximate surface area is 104 Å². The quantitative estimate of drug-likeness (QED) is 0.876. The Morgan fingerprint density at radius 2 is 2.11 bits per heavy atom. The number of aromatic carboxylic acids is 1. The van der Waals surface area contributed by atoms with Crippen LogP contribution in [0.15, 0.2) is 18.2 Å². The number of benzene rings is 1. The zero-order valence-corrected chi connectivity index (χ0v) is 10.2. The molecule has 1 aliphatic heterocycles. The Hall–Kier alpha value is -2.24. The van der Waals surface area contributed by atoms with E-state index in [4.69, 9.17) is 9.84 Å². The molecule has 1 heterocycles. The topological polar surface area (TPSA) is 70.1 Å². The molecule has 1 aromatic rings. The van der Waals surface area contributed by atoms with Crippen LogP contribution in [0.2, 0.25) is 0 Å². The third kappa shape index (κ3) is 1.97. The van der Waals surface area contributed by atoms with E-state index in [0.29, 0.717) is 24.5 Å². The molecule has 1 aromatic carbocycles. The van der Waals surface area contributed by atoms with E-state index in [2.05, 4.69) is 0 Å². The standard InChI is InChI=1S/C12H14N2O4/c1-13-5-6-14(12(13)17)9-4-3-8(11(15)16)7-10(9)18-2/h3-4,7H,5-6H2,1-2H3,(H,15,16). The summed E-state index contributed by atoms with van der Waals surface area (Å²) >= 11 is 0. The number of urea groups is 1. The van der Waals surface area contributed by atoms with Crippen LogP contribution in [0.1, 0.15) is 10.4 Å². The van der Waals surface area contributed by atoms with Gasteiger partial charge < -0.3 is 14.7 Å². The lowest BCUT2D eigenvalue weighted by Crippen LogP contribution is -2.29. The molecule has 0 saturated carbocycles. The molecule has 0 unspecified atom stereocenters. The predicted octanol–water partition coefficient (Wildman–Crippen LogP) is 1.27. The van der Waals surface area contributed by atoms with E-state index in [1.807, 2.05) is 0 Å². The first-order valence-electron chi connectivity index (χ1n) is 5.48. The van der Waals surface area contributed by atoms with Crippen LogP contribution < -0.4 is 9.64 Å². The Morgan fingerprint density at radius 3 is 2.61 bits per heavy atom. The lowest BCUT2D eigenvalue weighted by Gasteiger charge is -2.19. The number of carbonyl (C=O) groups is 2. The summed E-state index contributed by atoms with van der Waals surface area (Å²) in [5.41, 5.74) is 0.729. The number of nitrogens with zero attached hydrogens (tertiary/aromatic N) is 2. The number of hydrogen-bond acceptors (Lipinski definition) is 3. The highest BCUT2D eigenvalue weighted by Gasteiger charge is 2.28. The fourth-order valence-electron chi connectivity index (χ4n) is 1.90. The molecule has 0 aliphatic carbocycles. The van der Waals surface area contributed by atoms with Crippen LogP contribution >= 0.6 is 0 Å². The second kappa shape index (κ2) is 4.56. The number of likely N-dealkylation sites (N-methyl/N-ethyl adjacent to an activating group) is 1. The molecule has 0 spiro atoms. The van der Waals surface area contributed by atoms with Gasteiger partial charge in [0.15, 0.2) is 0 Å². The number of ether oxygens (including phenoxy) is 1. The maximum Gasteiger partial charge on any atom is 0.335 e. The molecule has 6 heteroatoms. The van der Waals surface area contributed by atoms with Crippen LogP contribution in [0.3, 0.4) is 0 Å². The molecule has 1 saturated heterocycles. The number of amides is 2. The van der Waals surface area contributed by atoms with Crippen molar-refractivity contribution >= 4 is 17.7 Å². The Balaban J connectivity index is 2.39. The lowest BCUT2D eigenvalue weighted by atomic mass is 10.2. The minimum atomic E-state index is -1.02. The van der Waals surface area contributed by atoms with E-state index < -0.39 is 5.97 Å². The first-order valence-corrected chi connectivity index (χ1v) is 5.48. The van der Waals surface area contributed by atoms with E-state index in [0.717, 1.165) is 0 Å². The van der Waals surface area contributed by atoms with Gasteiger partial charge in [0.05, 0.1) is 18.4 Å². The Bertz CT molecular complexity index is 501. The van der Waals surface area contributed by atoms with Gasteiger partial charge in [0.25, 0.3) is 0 Å². The summed E-state index contributed by atoms with van der Waals surface area (Å²) in [6.45, 7) is 1.21. The summed E-state index contributed by atoms with van der Waals surface area (Å²) in [5, 5.41) is 8.91. The fourth-order valence-corrected chi connectivity index (χ4v) is 1.90. The summed E-state index contributed by atoms with van der Waals surface area (Å²) in [6, 6.07) is 4.37. The van der Waals surface area contributed by atoms with Crippen molar-refractivity contribution in [2.75, 3.05) is 32.1 Å². The summed E-state index contributed by atoms with van der Waals surface area (Å²) in [6.07, 6.45) is 0. The van der Waals surface area contributed by atoms with Gasteiger partial charge >= 0.3 is 12.0 Å². The predicted molar refractivity (Wildman–Crippen MR) is 65.3 cm³/mol.